The van der Waals surface area contributed by atoms with E-state index >= 15 is 0 Å². The normalized spacial score (nSPS) is 18.0. The van der Waals surface area contributed by atoms with Crippen LogP contribution in [-0.4, -0.2) is 31.6 Å². The average molecular weight is 497 g/mol. The number of Topliss-reactive ketones (excluding diaryl/α,β-unsaturated/α-hetero) is 1. The molecule has 0 bridgehead atoms. The highest BCUT2D eigenvalue weighted by molar-refractivity contribution is 5.95. The Bertz CT molecular complexity index is 1340. The molecule has 3 heterocycles. The Balaban J connectivity index is 1.43. The van der Waals surface area contributed by atoms with Crippen LogP contribution in [0.2, 0.25) is 0 Å². The Morgan fingerprint density at radius 1 is 1.14 bits per heavy atom. The van der Waals surface area contributed by atoms with Crippen LogP contribution in [0.1, 0.15) is 73.1 Å². The summed E-state index contributed by atoms with van der Waals surface area (Å²) in [6.07, 6.45) is 9.46. The van der Waals surface area contributed by atoms with Crippen LogP contribution < -0.4 is 15.4 Å². The molecule has 5 heteroatoms. The maximum Gasteiger partial charge on any atom is 0.159 e. The molecular formula is C32H36N2O3. The van der Waals surface area contributed by atoms with E-state index in [1.807, 2.05) is 18.3 Å². The molecule has 1 saturated heterocycles. The molecular weight excluding hydrogens is 460 g/mol. The fraction of sp³-hybridized carbons (Fsp3) is 0.344. The fourth-order valence-corrected chi connectivity index (χ4v) is 5.15. The number of ether oxygens (including phenoxy) is 2. The van der Waals surface area contributed by atoms with Crippen molar-refractivity contribution < 1.29 is 14.3 Å². The van der Waals surface area contributed by atoms with E-state index in [4.69, 9.17) is 9.47 Å². The van der Waals surface area contributed by atoms with Crippen LogP contribution in [0.4, 0.5) is 0 Å². The molecule has 0 spiro atoms. The quantitative estimate of drug-likeness (QED) is 0.421. The van der Waals surface area contributed by atoms with Gasteiger partial charge in [-0.25, -0.2) is 0 Å². The third kappa shape index (κ3) is 5.57. The van der Waals surface area contributed by atoms with Crippen molar-refractivity contribution in [3.05, 3.63) is 93.8 Å². The van der Waals surface area contributed by atoms with E-state index in [1.54, 1.807) is 6.92 Å². The second kappa shape index (κ2) is 10.8. The fourth-order valence-electron chi connectivity index (χ4n) is 5.15. The lowest BCUT2D eigenvalue weighted by atomic mass is 9.91. The number of dihydropyridines is 1. The maximum absolute atomic E-state index is 11.9. The van der Waals surface area contributed by atoms with Crippen molar-refractivity contribution in [1.82, 2.24) is 10.6 Å². The van der Waals surface area contributed by atoms with Gasteiger partial charge in [0, 0.05) is 42.4 Å². The number of hydrogen-bond donors (Lipinski definition) is 2. The van der Waals surface area contributed by atoms with Gasteiger partial charge in [0.15, 0.2) is 5.78 Å². The lowest BCUT2D eigenvalue weighted by Crippen LogP contribution is -2.26. The van der Waals surface area contributed by atoms with Crippen LogP contribution in [0.25, 0.3) is 16.8 Å². The van der Waals surface area contributed by atoms with Crippen LogP contribution in [0, 0.1) is 0 Å². The van der Waals surface area contributed by atoms with Crippen molar-refractivity contribution in [3.63, 3.8) is 0 Å². The van der Waals surface area contributed by atoms with Gasteiger partial charge in [-0.15, -0.1) is 0 Å². The van der Waals surface area contributed by atoms with Gasteiger partial charge in [-0.05, 0) is 84.9 Å². The van der Waals surface area contributed by atoms with Crippen molar-refractivity contribution in [2.24, 2.45) is 0 Å². The molecule has 37 heavy (non-hydrogen) atoms. The summed E-state index contributed by atoms with van der Waals surface area (Å²) < 4.78 is 11.9. The van der Waals surface area contributed by atoms with Gasteiger partial charge in [-0.1, -0.05) is 31.2 Å². The molecule has 0 aliphatic carbocycles. The number of carbonyl (C=O) groups excluding carboxylic acids is 1. The SMILES string of the molecule is CCc1cc(C(C)=O)ccc1/C(C)=C/C1=C(C)C(c2ccc(OC3CCOCC3)c(C3=CN3)c2)=CCN1. The summed E-state index contributed by atoms with van der Waals surface area (Å²) >= 11 is 0. The minimum absolute atomic E-state index is 0.103. The van der Waals surface area contributed by atoms with Crippen LogP contribution in [0.15, 0.2) is 66.0 Å². The molecule has 5 nitrogen and oxygen atoms in total. The van der Waals surface area contributed by atoms with Crippen LogP contribution in [0.5, 0.6) is 5.75 Å². The topological polar surface area (TPSA) is 69.5 Å². The van der Waals surface area contributed by atoms with Gasteiger partial charge < -0.3 is 20.1 Å². The third-order valence-corrected chi connectivity index (χ3v) is 7.42. The molecule has 0 saturated carbocycles. The third-order valence-electron chi connectivity index (χ3n) is 7.42. The van der Waals surface area contributed by atoms with E-state index in [9.17, 15) is 4.79 Å². The van der Waals surface area contributed by atoms with E-state index in [1.165, 1.54) is 33.4 Å². The largest absolute Gasteiger partial charge is 0.490 e. The molecule has 0 amide bonds. The molecule has 3 aliphatic rings. The number of ketones is 1. The molecule has 0 aromatic heterocycles. The van der Waals surface area contributed by atoms with Crippen LogP contribution >= 0.6 is 0 Å². The van der Waals surface area contributed by atoms with E-state index in [0.29, 0.717) is 0 Å². The molecule has 2 aromatic carbocycles. The van der Waals surface area contributed by atoms with E-state index in [0.717, 1.165) is 67.3 Å². The van der Waals surface area contributed by atoms with Gasteiger partial charge in [0.2, 0.25) is 0 Å². The van der Waals surface area contributed by atoms with E-state index < -0.39 is 0 Å². The van der Waals surface area contributed by atoms with Crippen molar-refractivity contribution >= 4 is 22.6 Å². The minimum Gasteiger partial charge on any atom is -0.490 e. The van der Waals surface area contributed by atoms with Gasteiger partial charge in [-0.2, -0.15) is 0 Å². The van der Waals surface area contributed by atoms with Crippen LogP contribution in [-0.2, 0) is 11.2 Å². The van der Waals surface area contributed by atoms with Gasteiger partial charge in [0.25, 0.3) is 0 Å². The minimum atomic E-state index is 0.103. The van der Waals surface area contributed by atoms with Gasteiger partial charge >= 0.3 is 0 Å². The average Bonchev–Trinajstić information content (AvgIpc) is 3.76. The maximum atomic E-state index is 11.9. The number of carbonyl (C=O) groups is 1. The number of benzene rings is 2. The Morgan fingerprint density at radius 2 is 1.92 bits per heavy atom. The van der Waals surface area contributed by atoms with E-state index in [-0.39, 0.29) is 11.9 Å². The number of hydrogen-bond acceptors (Lipinski definition) is 5. The van der Waals surface area contributed by atoms with E-state index in [2.05, 4.69) is 67.8 Å². The Kier molecular flexibility index (Phi) is 7.33. The van der Waals surface area contributed by atoms with Crippen LogP contribution in [0.3, 0.4) is 0 Å². The van der Waals surface area contributed by atoms with Gasteiger partial charge in [-0.3, -0.25) is 4.79 Å². The first-order chi connectivity index (χ1) is 17.9. The molecule has 192 valence electrons. The molecule has 0 atom stereocenters. The molecule has 0 unspecified atom stereocenters. The predicted molar refractivity (Wildman–Crippen MR) is 150 cm³/mol. The first kappa shape index (κ1) is 25.1. The second-order valence-corrected chi connectivity index (χ2v) is 9.99. The zero-order chi connectivity index (χ0) is 25.9. The highest BCUT2D eigenvalue weighted by atomic mass is 16.5. The summed E-state index contributed by atoms with van der Waals surface area (Å²) in [6.45, 7) is 10.4. The van der Waals surface area contributed by atoms with Gasteiger partial charge in [0.1, 0.15) is 11.9 Å². The molecule has 3 aliphatic heterocycles. The second-order valence-electron chi connectivity index (χ2n) is 9.99. The zero-order valence-electron chi connectivity index (χ0n) is 22.2. The van der Waals surface area contributed by atoms with Crippen molar-refractivity contribution in [2.45, 2.75) is 53.1 Å². The first-order valence-corrected chi connectivity index (χ1v) is 13.3. The van der Waals surface area contributed by atoms with Gasteiger partial charge in [0.05, 0.1) is 18.9 Å². The molecule has 0 radical (unpaired) electrons. The summed E-state index contributed by atoms with van der Waals surface area (Å²) in [6, 6.07) is 12.6. The smallest absolute Gasteiger partial charge is 0.159 e. The lowest BCUT2D eigenvalue weighted by molar-refractivity contribution is 0.0254. The molecule has 5 rings (SSSR count). The molecule has 2 aromatic rings. The highest BCUT2D eigenvalue weighted by Crippen LogP contribution is 2.36. The van der Waals surface area contributed by atoms with Crippen molar-refractivity contribution in [3.8, 4) is 5.75 Å². The number of nitrogens with one attached hydrogen (secondary N) is 2. The summed E-state index contributed by atoms with van der Waals surface area (Å²) in [7, 11) is 0. The summed E-state index contributed by atoms with van der Waals surface area (Å²) in [4.78, 5) is 11.9. The summed E-state index contributed by atoms with van der Waals surface area (Å²) in [5.41, 5.74) is 11.3. The Hall–Kier alpha value is -3.57. The summed E-state index contributed by atoms with van der Waals surface area (Å²) in [5, 5.41) is 6.82. The number of allylic oxidation sites excluding steroid dienone is 4. The zero-order valence-corrected chi connectivity index (χ0v) is 22.2. The summed E-state index contributed by atoms with van der Waals surface area (Å²) in [5.74, 6) is 1.03. The Labute approximate surface area is 219 Å². The van der Waals surface area contributed by atoms with Crippen molar-refractivity contribution in [1.29, 1.82) is 0 Å². The monoisotopic (exact) mass is 496 g/mol. The lowest BCUT2D eigenvalue weighted by Gasteiger charge is -2.25. The molecule has 2 N–H and O–H groups in total. The number of rotatable bonds is 8. The number of aryl methyl sites for hydroxylation is 1. The Morgan fingerprint density at radius 3 is 2.62 bits per heavy atom. The standard InChI is InChI=1S/C32H36N2O3/c1-5-23-17-24(22(4)35)6-8-27(23)20(2)16-30-21(3)28(10-13-33-30)25-7-9-32(29(18-25)31-19-34-31)37-26-11-14-36-15-12-26/h6-10,16-19,26,33-34H,5,11-15H2,1-4H3/b20-16+. The predicted octanol–water partition coefficient (Wildman–Crippen LogP) is 6.28. The molecule has 1 fully saturated rings. The van der Waals surface area contributed by atoms with Crippen molar-refractivity contribution in [2.75, 3.05) is 19.8 Å². The highest BCUT2D eigenvalue weighted by Gasteiger charge is 2.22. The first-order valence-electron chi connectivity index (χ1n) is 13.3.